The second-order valence-electron chi connectivity index (χ2n) is 15.2. The monoisotopic (exact) mass is 672 g/mol. The van der Waals surface area contributed by atoms with Crippen molar-refractivity contribution in [2.45, 2.75) is 19.3 Å². The normalized spacial score (nSPS) is 13.2. The number of hydrogen-bond donors (Lipinski definition) is 0. The van der Waals surface area contributed by atoms with E-state index in [1.807, 2.05) is 0 Å². The van der Waals surface area contributed by atoms with Crippen LogP contribution in [0.1, 0.15) is 25.0 Å². The second kappa shape index (κ2) is 11.2. The molecule has 0 spiro atoms. The van der Waals surface area contributed by atoms with E-state index in [0.29, 0.717) is 0 Å². The van der Waals surface area contributed by atoms with Crippen LogP contribution in [-0.4, -0.2) is 0 Å². The van der Waals surface area contributed by atoms with Gasteiger partial charge in [-0.15, -0.1) is 0 Å². The highest BCUT2D eigenvalue weighted by molar-refractivity contribution is 6.23. The van der Waals surface area contributed by atoms with Crippen LogP contribution in [0.25, 0.3) is 98.4 Å². The SMILES string of the molecule is CC1(C)c2ccccc2-c2c1cc(-c1cc(-c3c4ccccc4c(-c4ccc5ccccc5c4)c4ccccc34)cc3ccccc13)c1ccccc21. The maximum absolute atomic E-state index is 2.52. The van der Waals surface area contributed by atoms with Crippen molar-refractivity contribution in [3.63, 3.8) is 0 Å². The molecular formula is C53H36. The molecule has 0 saturated carbocycles. The molecule has 0 bridgehead atoms. The molecule has 0 saturated heterocycles. The lowest BCUT2D eigenvalue weighted by Crippen LogP contribution is -2.15. The molecule has 0 N–H and O–H groups in total. The Morgan fingerprint density at radius 1 is 0.283 bits per heavy atom. The molecule has 10 aromatic rings. The quantitative estimate of drug-likeness (QED) is 0.164. The van der Waals surface area contributed by atoms with Gasteiger partial charge in [0.1, 0.15) is 0 Å². The van der Waals surface area contributed by atoms with Crippen molar-refractivity contribution in [1.29, 1.82) is 0 Å². The van der Waals surface area contributed by atoms with Gasteiger partial charge in [0.15, 0.2) is 0 Å². The minimum atomic E-state index is -0.108. The van der Waals surface area contributed by atoms with E-state index < -0.39 is 0 Å². The third-order valence-electron chi connectivity index (χ3n) is 12.0. The fraction of sp³-hybridized carbons (Fsp3) is 0.0566. The molecule has 1 aliphatic rings. The molecule has 0 aromatic heterocycles. The maximum Gasteiger partial charge on any atom is 0.0159 e. The van der Waals surface area contributed by atoms with E-state index in [1.165, 1.54) is 109 Å². The predicted molar refractivity (Wildman–Crippen MR) is 228 cm³/mol. The summed E-state index contributed by atoms with van der Waals surface area (Å²) in [7, 11) is 0. The molecule has 0 radical (unpaired) electrons. The summed E-state index contributed by atoms with van der Waals surface area (Å²) in [4.78, 5) is 0. The Balaban J connectivity index is 1.23. The van der Waals surface area contributed by atoms with Gasteiger partial charge in [0.05, 0.1) is 0 Å². The Kier molecular flexibility index (Phi) is 6.40. The van der Waals surface area contributed by atoms with E-state index in [0.717, 1.165) is 0 Å². The van der Waals surface area contributed by atoms with E-state index in [9.17, 15) is 0 Å². The molecule has 0 nitrogen and oxygen atoms in total. The topological polar surface area (TPSA) is 0 Å². The third-order valence-corrected chi connectivity index (χ3v) is 12.0. The summed E-state index contributed by atoms with van der Waals surface area (Å²) in [6.45, 7) is 4.78. The number of rotatable bonds is 3. The van der Waals surface area contributed by atoms with Gasteiger partial charge in [-0.25, -0.2) is 0 Å². The molecule has 1 aliphatic carbocycles. The standard InChI is InChI=1S/C53H36/c1-53(2)48-26-14-13-25-45(48)52-40-20-8-7-19-39(40)47(32-49(52)53)46-31-37(30-35-17-5-6-18-38(35)46)51-43-23-11-9-21-41(43)50(42-22-10-12-24-44(42)51)36-28-27-33-15-3-4-16-34(33)29-36/h3-32H,1-2H3. The van der Waals surface area contributed by atoms with Crippen molar-refractivity contribution in [3.05, 3.63) is 193 Å². The van der Waals surface area contributed by atoms with Crippen molar-refractivity contribution in [2.24, 2.45) is 0 Å². The van der Waals surface area contributed by atoms with Gasteiger partial charge in [-0.1, -0.05) is 172 Å². The number of fused-ring (bicyclic) bond motifs is 9. The third kappa shape index (κ3) is 4.36. The summed E-state index contributed by atoms with van der Waals surface area (Å²) in [5.41, 5.74) is 13.1. The highest BCUT2D eigenvalue weighted by Gasteiger charge is 2.37. The average Bonchev–Trinajstić information content (AvgIpc) is 3.44. The molecule has 0 aliphatic heterocycles. The van der Waals surface area contributed by atoms with Gasteiger partial charge in [-0.3, -0.25) is 0 Å². The summed E-state index contributed by atoms with van der Waals surface area (Å²) >= 11 is 0. The smallest absolute Gasteiger partial charge is 0.0159 e. The number of hydrogen-bond acceptors (Lipinski definition) is 0. The van der Waals surface area contributed by atoms with E-state index in [2.05, 4.69) is 196 Å². The van der Waals surface area contributed by atoms with Crippen molar-refractivity contribution in [3.8, 4) is 44.5 Å². The zero-order chi connectivity index (χ0) is 35.3. The molecule has 0 amide bonds. The molecule has 0 atom stereocenters. The summed E-state index contributed by atoms with van der Waals surface area (Å²) in [6, 6.07) is 68.0. The molecular weight excluding hydrogens is 637 g/mol. The van der Waals surface area contributed by atoms with Crippen molar-refractivity contribution in [2.75, 3.05) is 0 Å². The molecule has 0 fully saturated rings. The van der Waals surface area contributed by atoms with Crippen LogP contribution in [0.5, 0.6) is 0 Å². The van der Waals surface area contributed by atoms with Gasteiger partial charge in [-0.2, -0.15) is 0 Å². The minimum Gasteiger partial charge on any atom is -0.0619 e. The minimum absolute atomic E-state index is 0.108. The van der Waals surface area contributed by atoms with Crippen LogP contribution in [0, 0.1) is 0 Å². The van der Waals surface area contributed by atoms with Crippen LogP contribution >= 0.6 is 0 Å². The maximum atomic E-state index is 2.52. The molecule has 10 aromatic carbocycles. The van der Waals surface area contributed by atoms with Crippen LogP contribution in [0.3, 0.4) is 0 Å². The molecule has 248 valence electrons. The first-order valence-electron chi connectivity index (χ1n) is 18.7. The van der Waals surface area contributed by atoms with Crippen LogP contribution in [0.15, 0.2) is 182 Å². The predicted octanol–water partition coefficient (Wildman–Crippen LogP) is 14.8. The van der Waals surface area contributed by atoms with Crippen molar-refractivity contribution >= 4 is 53.9 Å². The van der Waals surface area contributed by atoms with Gasteiger partial charge in [-0.05, 0) is 134 Å². The Labute approximate surface area is 309 Å². The summed E-state index contributed by atoms with van der Waals surface area (Å²) in [5.74, 6) is 0. The summed E-state index contributed by atoms with van der Waals surface area (Å²) in [6.07, 6.45) is 0. The fourth-order valence-corrected chi connectivity index (χ4v) is 9.55. The first kappa shape index (κ1) is 30.2. The van der Waals surface area contributed by atoms with E-state index >= 15 is 0 Å². The lowest BCUT2D eigenvalue weighted by molar-refractivity contribution is 0.661. The van der Waals surface area contributed by atoms with Crippen molar-refractivity contribution < 1.29 is 0 Å². The largest absolute Gasteiger partial charge is 0.0619 e. The molecule has 0 unspecified atom stereocenters. The van der Waals surface area contributed by atoms with Crippen LogP contribution < -0.4 is 0 Å². The van der Waals surface area contributed by atoms with E-state index in [4.69, 9.17) is 0 Å². The number of benzene rings is 10. The van der Waals surface area contributed by atoms with Crippen LogP contribution in [0.2, 0.25) is 0 Å². The highest BCUT2D eigenvalue weighted by atomic mass is 14.4. The first-order valence-corrected chi connectivity index (χ1v) is 18.7. The fourth-order valence-electron chi connectivity index (χ4n) is 9.55. The molecule has 53 heavy (non-hydrogen) atoms. The Morgan fingerprint density at radius 3 is 1.43 bits per heavy atom. The molecule has 11 rings (SSSR count). The van der Waals surface area contributed by atoms with Crippen LogP contribution in [-0.2, 0) is 5.41 Å². The first-order chi connectivity index (χ1) is 26.1. The molecule has 0 heteroatoms. The zero-order valence-electron chi connectivity index (χ0n) is 29.8. The molecule has 0 heterocycles. The highest BCUT2D eigenvalue weighted by Crippen LogP contribution is 2.54. The van der Waals surface area contributed by atoms with Gasteiger partial charge in [0, 0.05) is 5.41 Å². The second-order valence-corrected chi connectivity index (χ2v) is 15.2. The van der Waals surface area contributed by atoms with Gasteiger partial charge in [0.2, 0.25) is 0 Å². The van der Waals surface area contributed by atoms with E-state index in [1.54, 1.807) is 0 Å². The summed E-state index contributed by atoms with van der Waals surface area (Å²) in [5, 5.41) is 12.7. The Morgan fingerprint density at radius 2 is 0.755 bits per heavy atom. The van der Waals surface area contributed by atoms with Gasteiger partial charge < -0.3 is 0 Å². The zero-order valence-corrected chi connectivity index (χ0v) is 29.8. The van der Waals surface area contributed by atoms with E-state index in [-0.39, 0.29) is 5.41 Å². The lowest BCUT2D eigenvalue weighted by atomic mass is 9.79. The van der Waals surface area contributed by atoms with Crippen molar-refractivity contribution in [1.82, 2.24) is 0 Å². The summed E-state index contributed by atoms with van der Waals surface area (Å²) < 4.78 is 0. The van der Waals surface area contributed by atoms with Gasteiger partial charge >= 0.3 is 0 Å². The van der Waals surface area contributed by atoms with Gasteiger partial charge in [0.25, 0.3) is 0 Å². The Hall–Kier alpha value is -6.50. The average molecular weight is 673 g/mol. The Bertz CT molecular complexity index is 3080. The van der Waals surface area contributed by atoms with Crippen LogP contribution in [0.4, 0.5) is 0 Å². The lowest BCUT2D eigenvalue weighted by Gasteiger charge is -2.24.